The van der Waals surface area contributed by atoms with Crippen LogP contribution in [0.5, 0.6) is 23.0 Å². The first kappa shape index (κ1) is 24.0. The number of anilines is 1. The molecule has 0 saturated carbocycles. The fourth-order valence-corrected chi connectivity index (χ4v) is 6.22. The molecule has 1 aliphatic heterocycles. The molecule has 3 aromatic rings. The molecule has 0 saturated heterocycles. The number of carbonyl (C=O) groups excluding carboxylic acids is 2. The fraction of sp³-hybridized carbons (Fsp3) is 0.333. The number of rotatable bonds is 6. The Morgan fingerprint density at radius 1 is 1.00 bits per heavy atom. The fourth-order valence-electron chi connectivity index (χ4n) is 4.79. The summed E-state index contributed by atoms with van der Waals surface area (Å²) in [7, 11) is 4.46. The van der Waals surface area contributed by atoms with E-state index in [4.69, 9.17) is 18.9 Å². The maximum absolute atomic E-state index is 13.1. The molecule has 2 N–H and O–H groups in total. The van der Waals surface area contributed by atoms with Crippen molar-refractivity contribution in [3.05, 3.63) is 63.5 Å². The average Bonchev–Trinajstić information content (AvgIpc) is 3.25. The van der Waals surface area contributed by atoms with Crippen molar-refractivity contribution in [2.45, 2.75) is 32.4 Å². The Labute approximate surface area is 213 Å². The molecule has 2 atom stereocenters. The number of ether oxygens (including phenoxy) is 4. The van der Waals surface area contributed by atoms with Crippen LogP contribution in [-0.4, -0.2) is 33.2 Å². The van der Waals surface area contributed by atoms with Crippen LogP contribution in [0.2, 0.25) is 0 Å². The van der Waals surface area contributed by atoms with Crippen LogP contribution >= 0.6 is 11.3 Å². The molecule has 1 amide bonds. The number of hydrogen-bond acceptors (Lipinski definition) is 8. The highest BCUT2D eigenvalue weighted by atomic mass is 32.1. The molecule has 5 rings (SSSR count). The van der Waals surface area contributed by atoms with Crippen molar-refractivity contribution in [3.63, 3.8) is 0 Å². The summed E-state index contributed by atoms with van der Waals surface area (Å²) in [5, 5.41) is 7.38. The lowest BCUT2D eigenvalue weighted by atomic mass is 9.88. The lowest BCUT2D eigenvalue weighted by Crippen LogP contribution is -2.38. The largest absolute Gasteiger partial charge is 0.493 e. The zero-order valence-electron chi connectivity index (χ0n) is 20.6. The van der Waals surface area contributed by atoms with Gasteiger partial charge in [-0.05, 0) is 48.9 Å². The molecule has 188 valence electrons. The van der Waals surface area contributed by atoms with Crippen LogP contribution < -0.4 is 29.6 Å². The summed E-state index contributed by atoms with van der Waals surface area (Å²) in [6.07, 6.45) is 2.47. The molecule has 36 heavy (non-hydrogen) atoms. The molecule has 2 aromatic carbocycles. The molecule has 0 spiro atoms. The number of para-hydroxylation sites is 1. The highest BCUT2D eigenvalue weighted by Crippen LogP contribution is 2.43. The highest BCUT2D eigenvalue weighted by molar-refractivity contribution is 7.16. The quantitative estimate of drug-likeness (QED) is 0.358. The maximum atomic E-state index is 13.1. The Hall–Kier alpha value is -3.72. The van der Waals surface area contributed by atoms with Crippen molar-refractivity contribution in [2.24, 2.45) is 5.92 Å². The van der Waals surface area contributed by atoms with Gasteiger partial charge in [0.1, 0.15) is 16.9 Å². The van der Waals surface area contributed by atoms with E-state index in [-0.39, 0.29) is 11.5 Å². The van der Waals surface area contributed by atoms with Gasteiger partial charge in [-0.3, -0.25) is 4.79 Å². The normalized spacial score (nSPS) is 18.3. The number of amides is 1. The standard InChI is InChI=1S/C27H28N2O6S/c1-14-9-10-17-21(11-14)36-26-22(17)25(30)28-24(29-26)16-7-5-6-8-18(16)35-27(31)15-12-19(32-2)23(34-4)20(13-15)33-3/h5-8,12-14,24,29H,9-11H2,1-4H3,(H,28,30)/t14-,24+/m0/s1. The van der Waals surface area contributed by atoms with Crippen LogP contribution in [0.3, 0.4) is 0 Å². The van der Waals surface area contributed by atoms with Crippen LogP contribution in [0.25, 0.3) is 0 Å². The minimum absolute atomic E-state index is 0.105. The third kappa shape index (κ3) is 4.24. The van der Waals surface area contributed by atoms with Crippen LogP contribution in [-0.2, 0) is 12.8 Å². The predicted molar refractivity (Wildman–Crippen MR) is 137 cm³/mol. The second-order valence-electron chi connectivity index (χ2n) is 8.95. The predicted octanol–water partition coefficient (Wildman–Crippen LogP) is 4.97. The number of hydrogen-bond donors (Lipinski definition) is 2. The van der Waals surface area contributed by atoms with E-state index in [1.54, 1.807) is 23.5 Å². The third-order valence-corrected chi connectivity index (χ3v) is 7.81. The van der Waals surface area contributed by atoms with Gasteiger partial charge in [0.15, 0.2) is 11.5 Å². The molecule has 0 bridgehead atoms. The molecule has 1 aromatic heterocycles. The van der Waals surface area contributed by atoms with Crippen molar-refractivity contribution in [3.8, 4) is 23.0 Å². The topological polar surface area (TPSA) is 95.1 Å². The monoisotopic (exact) mass is 508 g/mol. The summed E-state index contributed by atoms with van der Waals surface area (Å²) >= 11 is 1.65. The summed E-state index contributed by atoms with van der Waals surface area (Å²) in [6, 6.07) is 10.2. The molecule has 0 radical (unpaired) electrons. The van der Waals surface area contributed by atoms with E-state index in [1.165, 1.54) is 43.9 Å². The van der Waals surface area contributed by atoms with Crippen LogP contribution in [0, 0.1) is 5.92 Å². The summed E-state index contributed by atoms with van der Waals surface area (Å²) < 4.78 is 21.8. The van der Waals surface area contributed by atoms with Gasteiger partial charge in [-0.25, -0.2) is 4.79 Å². The van der Waals surface area contributed by atoms with E-state index in [1.807, 2.05) is 12.1 Å². The minimum Gasteiger partial charge on any atom is -0.493 e. The first-order valence-corrected chi connectivity index (χ1v) is 12.6. The lowest BCUT2D eigenvalue weighted by molar-refractivity contribution is 0.0731. The van der Waals surface area contributed by atoms with Crippen LogP contribution in [0.1, 0.15) is 56.2 Å². The van der Waals surface area contributed by atoms with E-state index in [9.17, 15) is 9.59 Å². The lowest BCUT2D eigenvalue weighted by Gasteiger charge is -2.28. The van der Waals surface area contributed by atoms with Gasteiger partial charge in [0.2, 0.25) is 5.75 Å². The van der Waals surface area contributed by atoms with Crippen molar-refractivity contribution in [1.82, 2.24) is 5.32 Å². The Bertz CT molecular complexity index is 1310. The Balaban J connectivity index is 1.43. The highest BCUT2D eigenvalue weighted by Gasteiger charge is 2.34. The van der Waals surface area contributed by atoms with Crippen molar-refractivity contribution < 1.29 is 28.5 Å². The first-order valence-electron chi connectivity index (χ1n) is 11.8. The average molecular weight is 509 g/mol. The van der Waals surface area contributed by atoms with Gasteiger partial charge in [-0.1, -0.05) is 25.1 Å². The SMILES string of the molecule is COc1cc(C(=O)Oc2ccccc2[C@@H]2NC(=O)c3c(sc4c3CC[C@H](C)C4)N2)cc(OC)c1OC. The minimum atomic E-state index is -0.592. The van der Waals surface area contributed by atoms with E-state index < -0.39 is 12.1 Å². The van der Waals surface area contributed by atoms with E-state index in [0.29, 0.717) is 34.5 Å². The molecule has 9 heteroatoms. The molecular weight excluding hydrogens is 480 g/mol. The number of thiophene rings is 1. The summed E-state index contributed by atoms with van der Waals surface area (Å²) in [5.41, 5.74) is 2.81. The van der Waals surface area contributed by atoms with Gasteiger partial charge in [0.05, 0.1) is 32.5 Å². The summed E-state index contributed by atoms with van der Waals surface area (Å²) in [6.45, 7) is 2.25. The number of methoxy groups -OCH3 is 3. The van der Waals surface area contributed by atoms with Gasteiger partial charge in [0.25, 0.3) is 5.91 Å². The number of esters is 1. The van der Waals surface area contributed by atoms with Crippen LogP contribution in [0.4, 0.5) is 5.00 Å². The van der Waals surface area contributed by atoms with E-state index in [2.05, 4.69) is 17.6 Å². The van der Waals surface area contributed by atoms with Gasteiger partial charge >= 0.3 is 5.97 Å². The molecule has 2 aliphatic rings. The summed E-state index contributed by atoms with van der Waals surface area (Å²) in [5.74, 6) is 1.34. The zero-order valence-corrected chi connectivity index (χ0v) is 21.4. The van der Waals surface area contributed by atoms with Crippen molar-refractivity contribution >= 4 is 28.2 Å². The first-order chi connectivity index (χ1) is 17.4. The molecule has 1 aliphatic carbocycles. The van der Waals surface area contributed by atoms with Crippen LogP contribution in [0.15, 0.2) is 36.4 Å². The number of carbonyl (C=O) groups is 2. The number of fused-ring (bicyclic) bond motifs is 3. The van der Waals surface area contributed by atoms with Gasteiger partial charge in [-0.15, -0.1) is 11.3 Å². The second kappa shape index (κ2) is 9.73. The smallest absolute Gasteiger partial charge is 0.343 e. The Morgan fingerprint density at radius 2 is 1.72 bits per heavy atom. The van der Waals surface area contributed by atoms with E-state index in [0.717, 1.165) is 29.8 Å². The summed E-state index contributed by atoms with van der Waals surface area (Å²) in [4.78, 5) is 27.6. The zero-order chi connectivity index (χ0) is 25.4. The Morgan fingerprint density at radius 3 is 2.42 bits per heavy atom. The Kier molecular flexibility index (Phi) is 6.49. The molecule has 0 unspecified atom stereocenters. The van der Waals surface area contributed by atoms with Gasteiger partial charge in [-0.2, -0.15) is 0 Å². The van der Waals surface area contributed by atoms with Gasteiger partial charge < -0.3 is 29.6 Å². The van der Waals surface area contributed by atoms with Crippen molar-refractivity contribution in [2.75, 3.05) is 26.6 Å². The third-order valence-electron chi connectivity index (χ3n) is 6.62. The molecule has 0 fully saturated rings. The maximum Gasteiger partial charge on any atom is 0.343 e. The van der Waals surface area contributed by atoms with E-state index >= 15 is 0 Å². The molecule has 8 nitrogen and oxygen atoms in total. The van der Waals surface area contributed by atoms with Gasteiger partial charge in [0, 0.05) is 10.4 Å². The molecular formula is C27H28N2O6S. The number of benzene rings is 2. The number of nitrogens with one attached hydrogen (secondary N) is 2. The molecule has 2 heterocycles. The van der Waals surface area contributed by atoms with Crippen molar-refractivity contribution in [1.29, 1.82) is 0 Å². The second-order valence-corrected chi connectivity index (χ2v) is 10.1.